The topological polar surface area (TPSA) is 77.6 Å². The number of amides is 1. The molecule has 0 radical (unpaired) electrons. The summed E-state index contributed by atoms with van der Waals surface area (Å²) in [6, 6.07) is 15.0. The number of carbonyl (C=O) groups excluding carboxylic acids is 1. The summed E-state index contributed by atoms with van der Waals surface area (Å²) in [5.74, 6) is 0.390. The van der Waals surface area contributed by atoms with E-state index < -0.39 is 0 Å². The van der Waals surface area contributed by atoms with Crippen molar-refractivity contribution >= 4 is 22.8 Å². The normalized spacial score (nSPS) is 11.0. The number of fused-ring (bicyclic) bond motifs is 1. The van der Waals surface area contributed by atoms with Crippen LogP contribution in [0.1, 0.15) is 15.9 Å². The summed E-state index contributed by atoms with van der Waals surface area (Å²) >= 11 is 0. The Labute approximate surface area is 143 Å². The molecule has 2 aromatic heterocycles. The molecule has 4 aromatic rings. The standard InChI is InChI=1S/C18H16N6O/c1-12-5-3-4-6-15(12)24-17(9-10-19-24)20-18(25)13-7-8-16-14(11-13)21-22-23(16)2/h3-11H,1-2H3,(H,20,25). The highest BCUT2D eigenvalue weighted by atomic mass is 16.1. The van der Waals surface area contributed by atoms with E-state index in [9.17, 15) is 4.79 Å². The molecule has 124 valence electrons. The van der Waals surface area contributed by atoms with E-state index in [0.29, 0.717) is 16.9 Å². The van der Waals surface area contributed by atoms with Crippen molar-refractivity contribution in [2.75, 3.05) is 5.32 Å². The van der Waals surface area contributed by atoms with E-state index in [1.165, 1.54) is 0 Å². The van der Waals surface area contributed by atoms with Gasteiger partial charge in [0.1, 0.15) is 11.3 Å². The Morgan fingerprint density at radius 1 is 1.12 bits per heavy atom. The van der Waals surface area contributed by atoms with Crippen LogP contribution in [0.15, 0.2) is 54.7 Å². The zero-order chi connectivity index (χ0) is 17.4. The van der Waals surface area contributed by atoms with Gasteiger partial charge in [0, 0.05) is 18.7 Å². The molecule has 4 rings (SSSR count). The quantitative estimate of drug-likeness (QED) is 0.626. The first-order chi connectivity index (χ1) is 12.1. The van der Waals surface area contributed by atoms with Gasteiger partial charge in [-0.25, -0.2) is 9.36 Å². The van der Waals surface area contributed by atoms with Gasteiger partial charge >= 0.3 is 0 Å². The maximum atomic E-state index is 12.6. The van der Waals surface area contributed by atoms with Crippen LogP contribution >= 0.6 is 0 Å². The summed E-state index contributed by atoms with van der Waals surface area (Å²) in [5, 5.41) is 15.2. The Kier molecular flexibility index (Phi) is 3.53. The number of aryl methyl sites for hydroxylation is 2. The molecular weight excluding hydrogens is 316 g/mol. The average molecular weight is 332 g/mol. The van der Waals surface area contributed by atoms with Crippen LogP contribution in [0.4, 0.5) is 5.82 Å². The number of anilines is 1. The number of hydrogen-bond donors (Lipinski definition) is 1. The number of hydrogen-bond acceptors (Lipinski definition) is 4. The van der Waals surface area contributed by atoms with Crippen LogP contribution < -0.4 is 5.32 Å². The second-order valence-electron chi connectivity index (χ2n) is 5.79. The van der Waals surface area contributed by atoms with Crippen molar-refractivity contribution in [3.63, 3.8) is 0 Å². The van der Waals surface area contributed by atoms with Crippen LogP contribution in [-0.4, -0.2) is 30.7 Å². The van der Waals surface area contributed by atoms with Crippen molar-refractivity contribution in [1.29, 1.82) is 0 Å². The Morgan fingerprint density at radius 3 is 2.80 bits per heavy atom. The smallest absolute Gasteiger partial charge is 0.256 e. The number of nitrogens with zero attached hydrogens (tertiary/aromatic N) is 5. The molecule has 25 heavy (non-hydrogen) atoms. The summed E-state index contributed by atoms with van der Waals surface area (Å²) in [6.07, 6.45) is 1.66. The fraction of sp³-hybridized carbons (Fsp3) is 0.111. The van der Waals surface area contributed by atoms with E-state index in [2.05, 4.69) is 20.7 Å². The Hall–Kier alpha value is -3.48. The second-order valence-corrected chi connectivity index (χ2v) is 5.79. The molecule has 0 spiro atoms. The Balaban J connectivity index is 1.65. The molecule has 0 aliphatic rings. The molecule has 0 saturated carbocycles. The lowest BCUT2D eigenvalue weighted by atomic mass is 10.2. The van der Waals surface area contributed by atoms with Gasteiger partial charge in [-0.3, -0.25) is 4.79 Å². The largest absolute Gasteiger partial charge is 0.306 e. The summed E-state index contributed by atoms with van der Waals surface area (Å²) in [7, 11) is 1.82. The van der Waals surface area contributed by atoms with Crippen LogP contribution in [0, 0.1) is 6.92 Å². The molecule has 0 aliphatic heterocycles. The predicted octanol–water partition coefficient (Wildman–Crippen LogP) is 2.71. The number of carbonyl (C=O) groups is 1. The number of rotatable bonds is 3. The van der Waals surface area contributed by atoms with E-state index >= 15 is 0 Å². The molecule has 2 aromatic carbocycles. The van der Waals surface area contributed by atoms with Crippen LogP contribution in [0.2, 0.25) is 0 Å². The molecule has 2 heterocycles. The third kappa shape index (κ3) is 2.65. The minimum absolute atomic E-state index is 0.220. The molecule has 0 unspecified atom stereocenters. The summed E-state index contributed by atoms with van der Waals surface area (Å²) in [6.45, 7) is 2.00. The first-order valence-corrected chi connectivity index (χ1v) is 7.84. The van der Waals surface area contributed by atoms with Crippen LogP contribution in [0.25, 0.3) is 16.7 Å². The molecule has 0 aliphatic carbocycles. The lowest BCUT2D eigenvalue weighted by Gasteiger charge is -2.11. The van der Waals surface area contributed by atoms with Crippen molar-refractivity contribution in [2.45, 2.75) is 6.92 Å². The van der Waals surface area contributed by atoms with Crippen LogP contribution in [-0.2, 0) is 7.05 Å². The predicted molar refractivity (Wildman–Crippen MR) is 94.8 cm³/mol. The number of nitrogens with one attached hydrogen (secondary N) is 1. The molecule has 1 N–H and O–H groups in total. The zero-order valence-corrected chi connectivity index (χ0v) is 13.8. The molecule has 7 nitrogen and oxygen atoms in total. The highest BCUT2D eigenvalue weighted by Gasteiger charge is 2.13. The van der Waals surface area contributed by atoms with Crippen LogP contribution in [0.5, 0.6) is 0 Å². The van der Waals surface area contributed by atoms with Crippen molar-refractivity contribution in [3.05, 3.63) is 65.9 Å². The van der Waals surface area contributed by atoms with Gasteiger partial charge < -0.3 is 5.32 Å². The van der Waals surface area contributed by atoms with E-state index in [1.807, 2.05) is 44.3 Å². The average Bonchev–Trinajstić information content (AvgIpc) is 3.22. The first kappa shape index (κ1) is 15.1. The fourth-order valence-electron chi connectivity index (χ4n) is 2.76. The molecular formula is C18H16N6O. The zero-order valence-electron chi connectivity index (χ0n) is 13.8. The van der Waals surface area contributed by atoms with Gasteiger partial charge in [-0.15, -0.1) is 5.10 Å². The minimum Gasteiger partial charge on any atom is -0.306 e. The second kappa shape index (κ2) is 5.86. The van der Waals surface area contributed by atoms with Crippen LogP contribution in [0.3, 0.4) is 0 Å². The monoisotopic (exact) mass is 332 g/mol. The minimum atomic E-state index is -0.220. The number of aromatic nitrogens is 5. The van der Waals surface area contributed by atoms with Gasteiger partial charge in [0.05, 0.1) is 17.4 Å². The van der Waals surface area contributed by atoms with Gasteiger partial charge in [0.25, 0.3) is 5.91 Å². The highest BCUT2D eigenvalue weighted by Crippen LogP contribution is 2.19. The molecule has 1 amide bonds. The van der Waals surface area contributed by atoms with Gasteiger partial charge in [-0.2, -0.15) is 5.10 Å². The number of para-hydroxylation sites is 1. The lowest BCUT2D eigenvalue weighted by Crippen LogP contribution is -2.15. The SMILES string of the molecule is Cc1ccccc1-n1nccc1NC(=O)c1ccc2c(c1)nnn2C. The maximum absolute atomic E-state index is 12.6. The van der Waals surface area contributed by atoms with E-state index in [-0.39, 0.29) is 5.91 Å². The van der Waals surface area contributed by atoms with Crippen molar-refractivity contribution in [3.8, 4) is 5.69 Å². The lowest BCUT2D eigenvalue weighted by molar-refractivity contribution is 0.102. The summed E-state index contributed by atoms with van der Waals surface area (Å²) in [4.78, 5) is 12.6. The Bertz CT molecular complexity index is 1080. The highest BCUT2D eigenvalue weighted by molar-refractivity contribution is 6.05. The third-order valence-corrected chi connectivity index (χ3v) is 4.10. The molecule has 7 heteroatoms. The van der Waals surface area contributed by atoms with Crippen molar-refractivity contribution < 1.29 is 4.79 Å². The van der Waals surface area contributed by atoms with E-state index in [0.717, 1.165) is 16.8 Å². The third-order valence-electron chi connectivity index (χ3n) is 4.10. The van der Waals surface area contributed by atoms with Gasteiger partial charge in [-0.05, 0) is 36.8 Å². The van der Waals surface area contributed by atoms with E-state index in [4.69, 9.17) is 0 Å². The fourth-order valence-corrected chi connectivity index (χ4v) is 2.76. The first-order valence-electron chi connectivity index (χ1n) is 7.84. The molecule has 0 bridgehead atoms. The van der Waals surface area contributed by atoms with Gasteiger partial charge in [0.15, 0.2) is 0 Å². The Morgan fingerprint density at radius 2 is 1.96 bits per heavy atom. The van der Waals surface area contributed by atoms with Gasteiger partial charge in [-0.1, -0.05) is 23.4 Å². The molecule has 0 saturated heterocycles. The summed E-state index contributed by atoms with van der Waals surface area (Å²) in [5.41, 5.74) is 4.07. The molecule has 0 fully saturated rings. The van der Waals surface area contributed by atoms with Crippen molar-refractivity contribution in [1.82, 2.24) is 24.8 Å². The van der Waals surface area contributed by atoms with Gasteiger partial charge in [0.2, 0.25) is 0 Å². The van der Waals surface area contributed by atoms with E-state index in [1.54, 1.807) is 33.8 Å². The maximum Gasteiger partial charge on any atom is 0.256 e. The van der Waals surface area contributed by atoms with Crippen molar-refractivity contribution in [2.24, 2.45) is 7.05 Å². The molecule has 0 atom stereocenters. The number of benzene rings is 2. The summed E-state index contributed by atoms with van der Waals surface area (Å²) < 4.78 is 3.39.